The molecule has 266 valence electrons. The van der Waals surface area contributed by atoms with E-state index in [1.165, 1.54) is 27.0 Å². The minimum Gasteiger partial charge on any atom is -0.467 e. The Morgan fingerprint density at radius 1 is 1.16 bits per heavy atom. The number of fused-ring (bicyclic) bond motifs is 3. The Bertz CT molecular complexity index is 1730. The molecule has 2 saturated heterocycles. The van der Waals surface area contributed by atoms with Gasteiger partial charge < -0.3 is 25.4 Å². The van der Waals surface area contributed by atoms with Crippen LogP contribution < -0.4 is 20.7 Å². The first-order valence-corrected chi connectivity index (χ1v) is 16.6. The van der Waals surface area contributed by atoms with Crippen molar-refractivity contribution in [1.29, 1.82) is 0 Å². The van der Waals surface area contributed by atoms with Crippen molar-refractivity contribution in [2.24, 2.45) is 0 Å². The average Bonchev–Trinajstić information content (AvgIpc) is 3.69. The van der Waals surface area contributed by atoms with Gasteiger partial charge in [0.15, 0.2) is 11.5 Å². The number of halogens is 7. The summed E-state index contributed by atoms with van der Waals surface area (Å²) < 4.78 is 81.4. The molecule has 0 bridgehead atoms. The number of benzene rings is 1. The first-order chi connectivity index (χ1) is 23.3. The zero-order valence-electron chi connectivity index (χ0n) is 26.7. The second-order valence-corrected chi connectivity index (χ2v) is 13.1. The van der Waals surface area contributed by atoms with Crippen LogP contribution >= 0.6 is 23.2 Å². The molecule has 1 aromatic carbocycles. The van der Waals surface area contributed by atoms with E-state index in [2.05, 4.69) is 25.3 Å². The molecule has 7 rings (SSSR count). The maximum Gasteiger partial charge on any atom is 0.418 e. The van der Waals surface area contributed by atoms with Crippen molar-refractivity contribution < 1.29 is 36.2 Å². The van der Waals surface area contributed by atoms with Crippen LogP contribution in [-0.4, -0.2) is 76.6 Å². The monoisotopic (exact) mass is 732 g/mol. The third kappa shape index (κ3) is 6.97. The van der Waals surface area contributed by atoms with E-state index in [9.17, 15) is 26.7 Å². The summed E-state index contributed by atoms with van der Waals surface area (Å²) in [5.41, 5.74) is 4.98. The maximum atomic E-state index is 14.2. The van der Waals surface area contributed by atoms with Gasteiger partial charge in [-0.1, -0.05) is 23.2 Å². The van der Waals surface area contributed by atoms with Gasteiger partial charge in [0.25, 0.3) is 5.91 Å². The SMILES string of the molecule is CNC(=O)c1nn2c(c1Cl)CN(c1nc(OC)nc3c1COC(c1cc(N)c(F)c(Cl)c1C(F)(F)F)C3)CCC2.FC1CC2CCCN2C1. The normalized spacial score (nSPS) is 22.1. The van der Waals surface area contributed by atoms with Crippen molar-refractivity contribution in [2.45, 2.75) is 76.3 Å². The number of nitrogens with one attached hydrogen (secondary N) is 1. The Hall–Kier alpha value is -3.47. The van der Waals surface area contributed by atoms with E-state index < -0.39 is 52.0 Å². The number of aromatic nitrogens is 4. The van der Waals surface area contributed by atoms with Crippen LogP contribution in [0.4, 0.5) is 33.5 Å². The highest BCUT2D eigenvalue weighted by molar-refractivity contribution is 6.34. The third-order valence-electron chi connectivity index (χ3n) is 9.27. The highest BCUT2D eigenvalue weighted by Gasteiger charge is 2.42. The van der Waals surface area contributed by atoms with E-state index in [-0.39, 0.29) is 36.3 Å². The topological polar surface area (TPSA) is 124 Å². The molecule has 11 nitrogen and oxygen atoms in total. The number of methoxy groups -OCH3 is 1. The summed E-state index contributed by atoms with van der Waals surface area (Å²) in [5.74, 6) is -1.32. The largest absolute Gasteiger partial charge is 0.467 e. The van der Waals surface area contributed by atoms with Gasteiger partial charge in [-0.3, -0.25) is 14.4 Å². The smallest absolute Gasteiger partial charge is 0.418 e. The fraction of sp³-hybridized carbons (Fsp3) is 0.548. The van der Waals surface area contributed by atoms with Gasteiger partial charge in [0, 0.05) is 44.7 Å². The summed E-state index contributed by atoms with van der Waals surface area (Å²) in [6.07, 6.45) is -2.80. The Balaban J connectivity index is 0.000000396. The molecular formula is C31H35Cl2F5N8O3. The van der Waals surface area contributed by atoms with Crippen molar-refractivity contribution in [1.82, 2.24) is 30.0 Å². The zero-order valence-corrected chi connectivity index (χ0v) is 28.2. The van der Waals surface area contributed by atoms with Gasteiger partial charge in [0.2, 0.25) is 0 Å². The first-order valence-electron chi connectivity index (χ1n) is 15.8. The molecule has 3 atom stereocenters. The predicted molar refractivity (Wildman–Crippen MR) is 171 cm³/mol. The fourth-order valence-electron chi connectivity index (χ4n) is 6.94. The van der Waals surface area contributed by atoms with Gasteiger partial charge in [-0.05, 0) is 43.9 Å². The summed E-state index contributed by atoms with van der Waals surface area (Å²) in [7, 11) is 2.85. The molecule has 0 radical (unpaired) electrons. The van der Waals surface area contributed by atoms with E-state index in [0.717, 1.165) is 19.0 Å². The highest BCUT2D eigenvalue weighted by atomic mass is 35.5. The standard InChI is InChI=1S/C24H23Cl2F4N7O3.C7H12FN/c1-32-22(38)20-17(25)14-8-36(4-3-5-37(14)35-20)21-11-9-40-15(7-13(11)33-23(34-21)39-2)10-6-12(31)19(27)18(26)16(10)24(28,29)30;8-6-4-7-2-1-3-9(7)5-6/h6,15H,3-5,7-9,31H2,1-2H3,(H,32,38);6-7H,1-5H2. The zero-order chi connectivity index (χ0) is 35.2. The number of aryl methyl sites for hydroxylation is 1. The number of nitrogen functional groups attached to an aromatic ring is 1. The summed E-state index contributed by atoms with van der Waals surface area (Å²) in [6, 6.07) is 1.50. The second-order valence-electron chi connectivity index (χ2n) is 12.3. The van der Waals surface area contributed by atoms with Crippen LogP contribution in [0.15, 0.2) is 6.07 Å². The Morgan fingerprint density at radius 2 is 1.94 bits per heavy atom. The maximum absolute atomic E-state index is 14.2. The number of carbonyl (C=O) groups is 1. The fourth-order valence-corrected chi connectivity index (χ4v) is 7.55. The number of carbonyl (C=O) groups excluding carboxylic acids is 1. The lowest BCUT2D eigenvalue weighted by atomic mass is 9.94. The lowest BCUT2D eigenvalue weighted by molar-refractivity contribution is -0.140. The van der Waals surface area contributed by atoms with Gasteiger partial charge in [-0.25, -0.2) is 8.78 Å². The molecule has 4 aliphatic heterocycles. The second kappa shape index (κ2) is 14.0. The highest BCUT2D eigenvalue weighted by Crippen LogP contribution is 2.46. The lowest BCUT2D eigenvalue weighted by Crippen LogP contribution is -2.29. The molecular weight excluding hydrogens is 698 g/mol. The molecule has 0 aliphatic carbocycles. The molecule has 2 fully saturated rings. The minimum absolute atomic E-state index is 0.00278. The van der Waals surface area contributed by atoms with Crippen molar-refractivity contribution in [3.05, 3.63) is 55.7 Å². The molecule has 1 amide bonds. The van der Waals surface area contributed by atoms with Gasteiger partial charge >= 0.3 is 12.2 Å². The summed E-state index contributed by atoms with van der Waals surface area (Å²) in [5, 5.41) is 5.95. The van der Waals surface area contributed by atoms with Crippen LogP contribution in [0.5, 0.6) is 6.01 Å². The molecule has 3 aromatic rings. The molecule has 18 heteroatoms. The van der Waals surface area contributed by atoms with E-state index in [1.54, 1.807) is 4.68 Å². The number of rotatable bonds is 4. The number of amides is 1. The third-order valence-corrected chi connectivity index (χ3v) is 10.0. The number of alkyl halides is 4. The van der Waals surface area contributed by atoms with Crippen LogP contribution in [0.1, 0.15) is 70.4 Å². The number of ether oxygens (including phenoxy) is 2. The minimum atomic E-state index is -4.96. The van der Waals surface area contributed by atoms with Gasteiger partial charge in [-0.2, -0.15) is 28.2 Å². The van der Waals surface area contributed by atoms with Gasteiger partial charge in [-0.15, -0.1) is 0 Å². The summed E-state index contributed by atoms with van der Waals surface area (Å²) >= 11 is 12.3. The van der Waals surface area contributed by atoms with E-state index in [1.807, 2.05) is 4.90 Å². The van der Waals surface area contributed by atoms with Crippen LogP contribution in [0.2, 0.25) is 10.0 Å². The van der Waals surface area contributed by atoms with E-state index >= 15 is 0 Å². The van der Waals surface area contributed by atoms with Gasteiger partial charge in [0.05, 0.1) is 59.0 Å². The molecule has 4 aliphatic rings. The lowest BCUT2D eigenvalue weighted by Gasteiger charge is -2.31. The van der Waals surface area contributed by atoms with Gasteiger partial charge in [0.1, 0.15) is 12.0 Å². The van der Waals surface area contributed by atoms with Crippen molar-refractivity contribution in [2.75, 3.05) is 44.4 Å². The van der Waals surface area contributed by atoms with Crippen molar-refractivity contribution in [3.8, 4) is 6.01 Å². The predicted octanol–water partition coefficient (Wildman–Crippen LogP) is 5.51. The molecule has 2 aromatic heterocycles. The molecule has 0 spiro atoms. The quantitative estimate of drug-likeness (QED) is 0.264. The average molecular weight is 734 g/mol. The number of hydrogen-bond donors (Lipinski definition) is 2. The Morgan fingerprint density at radius 3 is 2.63 bits per heavy atom. The van der Waals surface area contributed by atoms with E-state index in [0.29, 0.717) is 54.9 Å². The number of nitrogens with two attached hydrogens (primary N) is 1. The Labute approximate surface area is 288 Å². The van der Waals surface area contributed by atoms with Crippen LogP contribution in [0, 0.1) is 5.82 Å². The Kier molecular flexibility index (Phi) is 10.1. The van der Waals surface area contributed by atoms with E-state index in [4.69, 9.17) is 38.4 Å². The van der Waals surface area contributed by atoms with Crippen molar-refractivity contribution >= 4 is 40.6 Å². The summed E-state index contributed by atoms with van der Waals surface area (Å²) in [4.78, 5) is 25.3. The molecule has 3 unspecified atom stereocenters. The van der Waals surface area contributed by atoms with Crippen LogP contribution in [0.3, 0.4) is 0 Å². The van der Waals surface area contributed by atoms with Crippen LogP contribution in [0.25, 0.3) is 0 Å². The number of nitrogens with zero attached hydrogens (tertiary/aromatic N) is 6. The first kappa shape index (κ1) is 35.4. The molecule has 49 heavy (non-hydrogen) atoms. The molecule has 0 saturated carbocycles. The van der Waals surface area contributed by atoms with Crippen LogP contribution in [-0.2, 0) is 37.0 Å². The molecule has 3 N–H and O–H groups in total. The summed E-state index contributed by atoms with van der Waals surface area (Å²) in [6.45, 7) is 2.96. The molecule has 6 heterocycles. The number of anilines is 2. The van der Waals surface area contributed by atoms with Crippen molar-refractivity contribution in [3.63, 3.8) is 0 Å². The number of hydrogen-bond acceptors (Lipinski definition) is 9.